The third-order valence-electron chi connectivity index (χ3n) is 7.49. The third kappa shape index (κ3) is 5.17. The van der Waals surface area contributed by atoms with Crippen molar-refractivity contribution in [3.05, 3.63) is 78.5 Å². The smallest absolute Gasteiger partial charge is 0.229 e. The zero-order valence-electron chi connectivity index (χ0n) is 20.7. The molecule has 0 aliphatic carbocycles. The number of hydrogen-bond donors (Lipinski definition) is 1. The molecule has 6 nitrogen and oxygen atoms in total. The zero-order chi connectivity index (χ0) is 24.2. The number of carbonyl (C=O) groups is 1. The second kappa shape index (κ2) is 10.5. The topological polar surface area (TPSA) is 51.7 Å². The molecule has 5 rings (SSSR count). The lowest BCUT2D eigenvalue weighted by Gasteiger charge is -2.36. The highest BCUT2D eigenvalue weighted by Gasteiger charge is 2.33. The molecule has 0 radical (unpaired) electrons. The van der Waals surface area contributed by atoms with E-state index in [2.05, 4.69) is 81.4 Å². The van der Waals surface area contributed by atoms with Gasteiger partial charge in [0, 0.05) is 68.8 Å². The van der Waals surface area contributed by atoms with Gasteiger partial charge in [-0.2, -0.15) is 0 Å². The lowest BCUT2D eigenvalue weighted by molar-refractivity contribution is -0.124. The molecule has 2 aliphatic rings. The van der Waals surface area contributed by atoms with Crippen molar-refractivity contribution in [1.29, 1.82) is 0 Å². The number of rotatable bonds is 7. The van der Waals surface area contributed by atoms with Gasteiger partial charge in [-0.25, -0.2) is 0 Å². The van der Waals surface area contributed by atoms with Crippen LogP contribution in [-0.4, -0.2) is 73.0 Å². The van der Waals surface area contributed by atoms with Gasteiger partial charge >= 0.3 is 0 Å². The van der Waals surface area contributed by atoms with E-state index in [1.807, 2.05) is 30.5 Å². The first kappa shape index (κ1) is 23.4. The van der Waals surface area contributed by atoms with Crippen LogP contribution >= 0.6 is 0 Å². The molecule has 1 saturated heterocycles. The van der Waals surface area contributed by atoms with Crippen molar-refractivity contribution >= 4 is 28.2 Å². The van der Waals surface area contributed by atoms with Crippen LogP contribution in [-0.2, 0) is 4.79 Å². The standard InChI is InChI=1S/C29H35N5O/c1-22-26(21-28(32(22)2)23-8-4-3-5-9-23)29(35)31-14-7-15-33-16-18-34(19-17-33)25-11-12-27-24(20-25)10-6-13-30-27/h3-6,8-13,20-22,26H,7,14-19H2,1-2H3,(H,31,35). The van der Waals surface area contributed by atoms with Crippen molar-refractivity contribution in [1.82, 2.24) is 20.1 Å². The number of amides is 1. The van der Waals surface area contributed by atoms with Gasteiger partial charge in [-0.05, 0) is 55.8 Å². The van der Waals surface area contributed by atoms with Gasteiger partial charge < -0.3 is 15.1 Å². The highest BCUT2D eigenvalue weighted by Crippen LogP contribution is 2.32. The van der Waals surface area contributed by atoms with Crippen LogP contribution < -0.4 is 10.2 Å². The second-order valence-electron chi connectivity index (χ2n) is 9.65. The number of aromatic nitrogens is 1. The molecule has 1 fully saturated rings. The summed E-state index contributed by atoms with van der Waals surface area (Å²) in [5.74, 6) is 0.0156. The highest BCUT2D eigenvalue weighted by atomic mass is 16.1. The lowest BCUT2D eigenvalue weighted by atomic mass is 10.0. The zero-order valence-corrected chi connectivity index (χ0v) is 20.7. The average Bonchev–Trinajstić information content (AvgIpc) is 3.21. The van der Waals surface area contributed by atoms with Gasteiger partial charge in [-0.1, -0.05) is 36.4 Å². The van der Waals surface area contributed by atoms with Crippen LogP contribution in [0.1, 0.15) is 18.9 Å². The van der Waals surface area contributed by atoms with Gasteiger partial charge in [0.25, 0.3) is 0 Å². The van der Waals surface area contributed by atoms with Crippen LogP contribution in [0.4, 0.5) is 5.69 Å². The second-order valence-corrected chi connectivity index (χ2v) is 9.65. The molecule has 2 aliphatic heterocycles. The van der Waals surface area contributed by atoms with Crippen molar-refractivity contribution < 1.29 is 4.79 Å². The number of fused-ring (bicyclic) bond motifs is 1. The summed E-state index contributed by atoms with van der Waals surface area (Å²) < 4.78 is 0. The fraction of sp³-hybridized carbons (Fsp3) is 0.379. The monoisotopic (exact) mass is 469 g/mol. The molecule has 0 saturated carbocycles. The van der Waals surface area contributed by atoms with Crippen molar-refractivity contribution in [2.45, 2.75) is 19.4 Å². The molecule has 1 amide bonds. The molecule has 2 atom stereocenters. The molecule has 2 unspecified atom stereocenters. The number of carbonyl (C=O) groups excluding carboxylic acids is 1. The molecule has 1 aromatic heterocycles. The summed E-state index contributed by atoms with van der Waals surface area (Å²) in [6.45, 7) is 8.01. The van der Waals surface area contributed by atoms with E-state index in [1.54, 1.807) is 0 Å². The Morgan fingerprint density at radius 3 is 2.63 bits per heavy atom. The van der Waals surface area contributed by atoms with Gasteiger partial charge in [-0.3, -0.25) is 14.7 Å². The van der Waals surface area contributed by atoms with Crippen LogP contribution in [0, 0.1) is 5.92 Å². The molecule has 3 heterocycles. The molecule has 182 valence electrons. The number of pyridine rings is 1. The van der Waals surface area contributed by atoms with E-state index in [4.69, 9.17) is 0 Å². The Bertz CT molecular complexity index is 1190. The summed E-state index contributed by atoms with van der Waals surface area (Å²) in [4.78, 5) is 24.5. The van der Waals surface area contributed by atoms with E-state index in [9.17, 15) is 4.79 Å². The maximum atomic E-state index is 12.9. The molecule has 0 spiro atoms. The summed E-state index contributed by atoms with van der Waals surface area (Å²) in [6.07, 6.45) is 4.94. The first-order valence-electron chi connectivity index (χ1n) is 12.7. The maximum absolute atomic E-state index is 12.9. The maximum Gasteiger partial charge on any atom is 0.229 e. The molecule has 3 aromatic rings. The first-order chi connectivity index (χ1) is 17.1. The van der Waals surface area contributed by atoms with Crippen molar-refractivity contribution in [2.24, 2.45) is 5.92 Å². The molecule has 6 heteroatoms. The number of nitrogens with one attached hydrogen (secondary N) is 1. The van der Waals surface area contributed by atoms with Gasteiger partial charge in [0.2, 0.25) is 5.91 Å². The Balaban J connectivity index is 1.06. The van der Waals surface area contributed by atoms with Crippen LogP contribution in [0.5, 0.6) is 0 Å². The molecule has 1 N–H and O–H groups in total. The van der Waals surface area contributed by atoms with E-state index < -0.39 is 0 Å². The largest absolute Gasteiger partial charge is 0.371 e. The third-order valence-corrected chi connectivity index (χ3v) is 7.49. The van der Waals surface area contributed by atoms with E-state index in [1.165, 1.54) is 11.1 Å². The van der Waals surface area contributed by atoms with E-state index in [0.29, 0.717) is 0 Å². The predicted molar refractivity (Wildman–Crippen MR) is 143 cm³/mol. The van der Waals surface area contributed by atoms with Gasteiger partial charge in [0.1, 0.15) is 0 Å². The highest BCUT2D eigenvalue weighted by molar-refractivity contribution is 5.85. The molecule has 2 aromatic carbocycles. The quantitative estimate of drug-likeness (QED) is 0.533. The molecule has 0 bridgehead atoms. The Kier molecular flexibility index (Phi) is 7.00. The minimum absolute atomic E-state index is 0.115. The summed E-state index contributed by atoms with van der Waals surface area (Å²) in [5.41, 5.74) is 4.62. The summed E-state index contributed by atoms with van der Waals surface area (Å²) >= 11 is 0. The van der Waals surface area contributed by atoms with Crippen LogP contribution in [0.15, 0.2) is 72.9 Å². The molecular weight excluding hydrogens is 434 g/mol. The van der Waals surface area contributed by atoms with Crippen LogP contribution in [0.25, 0.3) is 16.6 Å². The number of piperazine rings is 1. The van der Waals surface area contributed by atoms with Gasteiger partial charge in [0.05, 0.1) is 11.4 Å². The fourth-order valence-electron chi connectivity index (χ4n) is 5.21. The van der Waals surface area contributed by atoms with Crippen molar-refractivity contribution in [3.8, 4) is 0 Å². The Morgan fingerprint density at radius 1 is 1.03 bits per heavy atom. The van der Waals surface area contributed by atoms with Crippen molar-refractivity contribution in [2.75, 3.05) is 51.2 Å². The lowest BCUT2D eigenvalue weighted by Crippen LogP contribution is -2.47. The predicted octanol–water partition coefficient (Wildman–Crippen LogP) is 3.85. The van der Waals surface area contributed by atoms with Crippen molar-refractivity contribution in [3.63, 3.8) is 0 Å². The first-order valence-corrected chi connectivity index (χ1v) is 12.7. The fourth-order valence-corrected chi connectivity index (χ4v) is 5.21. The van der Waals surface area contributed by atoms with Crippen LogP contribution in [0.3, 0.4) is 0 Å². The minimum atomic E-state index is -0.115. The van der Waals surface area contributed by atoms with E-state index in [0.717, 1.165) is 62.5 Å². The van der Waals surface area contributed by atoms with Crippen LogP contribution in [0.2, 0.25) is 0 Å². The average molecular weight is 470 g/mol. The Labute approximate surface area is 208 Å². The minimum Gasteiger partial charge on any atom is -0.371 e. The number of hydrogen-bond acceptors (Lipinski definition) is 5. The number of nitrogens with zero attached hydrogens (tertiary/aromatic N) is 4. The van der Waals surface area contributed by atoms with E-state index in [-0.39, 0.29) is 17.9 Å². The number of benzene rings is 2. The van der Waals surface area contributed by atoms with Gasteiger partial charge in [-0.15, -0.1) is 0 Å². The Hall–Kier alpha value is -3.38. The number of anilines is 1. The molecule has 35 heavy (non-hydrogen) atoms. The Morgan fingerprint density at radius 2 is 1.83 bits per heavy atom. The van der Waals surface area contributed by atoms with E-state index >= 15 is 0 Å². The SMILES string of the molecule is CC1C(C(=O)NCCCN2CCN(c3ccc4ncccc4c3)CC2)C=C(c2ccccc2)N1C. The van der Waals surface area contributed by atoms with Gasteiger partial charge in [0.15, 0.2) is 0 Å². The summed E-state index contributed by atoms with van der Waals surface area (Å²) in [6, 6.07) is 21.1. The summed E-state index contributed by atoms with van der Waals surface area (Å²) in [5, 5.41) is 4.38. The molecular formula is C29H35N5O. The normalized spacial score (nSPS) is 20.8. The summed E-state index contributed by atoms with van der Waals surface area (Å²) in [7, 11) is 2.07.